The van der Waals surface area contributed by atoms with Gasteiger partial charge in [-0.15, -0.1) is 0 Å². The molecule has 0 aromatic heterocycles. The minimum atomic E-state index is -0.737. The molecule has 4 heteroatoms. The van der Waals surface area contributed by atoms with Crippen molar-refractivity contribution in [2.24, 2.45) is 0 Å². The second-order valence-corrected chi connectivity index (χ2v) is 3.94. The maximum atomic E-state index is 9.70. The zero-order valence-corrected chi connectivity index (χ0v) is 10.5. The maximum absolute atomic E-state index is 9.70. The lowest BCUT2D eigenvalue weighted by atomic mass is 10.2. The molecule has 0 aromatic rings. The molecule has 16 heavy (non-hydrogen) atoms. The predicted molar refractivity (Wildman–Crippen MR) is 63.5 cm³/mol. The molecule has 0 aliphatic carbocycles. The Morgan fingerprint density at radius 3 is 2.25 bits per heavy atom. The highest BCUT2D eigenvalue weighted by Gasteiger charge is 2.18. The van der Waals surface area contributed by atoms with Crippen molar-refractivity contribution in [3.63, 3.8) is 0 Å². The first kappa shape index (κ1) is 15.8. The zero-order chi connectivity index (χ0) is 12.2. The van der Waals surface area contributed by atoms with E-state index in [-0.39, 0.29) is 13.2 Å². The van der Waals surface area contributed by atoms with Crippen molar-refractivity contribution >= 4 is 0 Å². The van der Waals surface area contributed by atoms with Crippen LogP contribution in [-0.2, 0) is 9.47 Å². The normalized spacial score (nSPS) is 15.0. The monoisotopic (exact) mass is 234 g/mol. The number of hydrogen-bond acceptors (Lipinski definition) is 4. The molecule has 0 aliphatic rings. The molecule has 2 unspecified atom stereocenters. The molecule has 0 aliphatic heterocycles. The third-order valence-electron chi connectivity index (χ3n) is 2.37. The second kappa shape index (κ2) is 11.3. The van der Waals surface area contributed by atoms with Gasteiger partial charge in [0.1, 0.15) is 12.2 Å². The van der Waals surface area contributed by atoms with Gasteiger partial charge in [0, 0.05) is 13.2 Å². The number of aliphatic hydroxyl groups excluding tert-OH is 2. The van der Waals surface area contributed by atoms with Crippen LogP contribution in [0.15, 0.2) is 0 Å². The summed E-state index contributed by atoms with van der Waals surface area (Å²) in [5.41, 5.74) is 0. The molecule has 0 saturated heterocycles. The van der Waals surface area contributed by atoms with E-state index in [1.165, 1.54) is 0 Å². The van der Waals surface area contributed by atoms with Gasteiger partial charge in [0.2, 0.25) is 0 Å². The standard InChI is InChI=1S/C12H26O4/c1-3-5-7-15-10-11(14)12(9-13)16-8-6-4-2/h11-14H,3-10H2,1-2H3. The fourth-order valence-corrected chi connectivity index (χ4v) is 1.22. The topological polar surface area (TPSA) is 58.9 Å². The van der Waals surface area contributed by atoms with Gasteiger partial charge in [0.05, 0.1) is 13.2 Å². The molecule has 98 valence electrons. The minimum absolute atomic E-state index is 0.165. The van der Waals surface area contributed by atoms with E-state index in [0.717, 1.165) is 25.7 Å². The Morgan fingerprint density at radius 1 is 1.06 bits per heavy atom. The summed E-state index contributed by atoms with van der Waals surface area (Å²) in [4.78, 5) is 0. The molecule has 4 nitrogen and oxygen atoms in total. The van der Waals surface area contributed by atoms with Crippen molar-refractivity contribution in [2.45, 2.75) is 51.7 Å². The van der Waals surface area contributed by atoms with Crippen LogP contribution in [-0.4, -0.2) is 48.8 Å². The molecular weight excluding hydrogens is 208 g/mol. The number of rotatable bonds is 11. The molecule has 0 spiro atoms. The maximum Gasteiger partial charge on any atom is 0.109 e. The van der Waals surface area contributed by atoms with Gasteiger partial charge in [-0.2, -0.15) is 0 Å². The number of hydrogen-bond donors (Lipinski definition) is 2. The van der Waals surface area contributed by atoms with Crippen molar-refractivity contribution in [3.05, 3.63) is 0 Å². The molecule has 0 fully saturated rings. The Bertz CT molecular complexity index is 141. The molecule has 0 bridgehead atoms. The number of ether oxygens (including phenoxy) is 2. The first-order valence-corrected chi connectivity index (χ1v) is 6.24. The Hall–Kier alpha value is -0.160. The summed E-state index contributed by atoms with van der Waals surface area (Å²) in [7, 11) is 0. The first-order valence-electron chi connectivity index (χ1n) is 6.24. The summed E-state index contributed by atoms with van der Waals surface area (Å²) < 4.78 is 10.7. The predicted octanol–water partition coefficient (Wildman–Crippen LogP) is 1.34. The molecule has 2 atom stereocenters. The van der Waals surface area contributed by atoms with E-state index in [1.54, 1.807) is 0 Å². The van der Waals surface area contributed by atoms with Gasteiger partial charge in [0.15, 0.2) is 0 Å². The van der Waals surface area contributed by atoms with E-state index in [9.17, 15) is 5.11 Å². The van der Waals surface area contributed by atoms with E-state index >= 15 is 0 Å². The molecular formula is C12H26O4. The molecule has 0 heterocycles. The largest absolute Gasteiger partial charge is 0.394 e. The Balaban J connectivity index is 3.60. The third-order valence-corrected chi connectivity index (χ3v) is 2.37. The molecule has 2 N–H and O–H groups in total. The van der Waals surface area contributed by atoms with Gasteiger partial charge in [-0.25, -0.2) is 0 Å². The zero-order valence-electron chi connectivity index (χ0n) is 10.5. The van der Waals surface area contributed by atoms with E-state index in [4.69, 9.17) is 14.6 Å². The second-order valence-electron chi connectivity index (χ2n) is 3.94. The van der Waals surface area contributed by atoms with Gasteiger partial charge >= 0.3 is 0 Å². The van der Waals surface area contributed by atoms with Crippen LogP contribution in [0.5, 0.6) is 0 Å². The molecule has 0 amide bonds. The van der Waals surface area contributed by atoms with Gasteiger partial charge < -0.3 is 19.7 Å². The van der Waals surface area contributed by atoms with E-state index < -0.39 is 12.2 Å². The van der Waals surface area contributed by atoms with E-state index in [2.05, 4.69) is 13.8 Å². The van der Waals surface area contributed by atoms with Crippen LogP contribution >= 0.6 is 0 Å². The molecule has 0 saturated carbocycles. The lowest BCUT2D eigenvalue weighted by Crippen LogP contribution is -2.36. The van der Waals surface area contributed by atoms with Crippen LogP contribution in [0.3, 0.4) is 0 Å². The van der Waals surface area contributed by atoms with Crippen LogP contribution in [0.25, 0.3) is 0 Å². The summed E-state index contributed by atoms with van der Waals surface area (Å²) in [5.74, 6) is 0. The Morgan fingerprint density at radius 2 is 1.69 bits per heavy atom. The molecule has 0 aromatic carbocycles. The number of unbranched alkanes of at least 4 members (excludes halogenated alkanes) is 2. The van der Waals surface area contributed by atoms with Crippen LogP contribution in [0.4, 0.5) is 0 Å². The minimum Gasteiger partial charge on any atom is -0.394 e. The van der Waals surface area contributed by atoms with E-state index in [1.807, 2.05) is 0 Å². The summed E-state index contributed by atoms with van der Waals surface area (Å²) >= 11 is 0. The number of aliphatic hydroxyl groups is 2. The molecule has 0 rings (SSSR count). The highest BCUT2D eigenvalue weighted by Crippen LogP contribution is 2.02. The summed E-state index contributed by atoms with van der Waals surface area (Å²) in [5, 5.41) is 18.8. The highest BCUT2D eigenvalue weighted by molar-refractivity contribution is 4.67. The van der Waals surface area contributed by atoms with Gasteiger partial charge in [-0.05, 0) is 12.8 Å². The smallest absolute Gasteiger partial charge is 0.109 e. The Kier molecular flexibility index (Phi) is 11.2. The SMILES string of the molecule is CCCCOCC(O)C(CO)OCCCC. The van der Waals surface area contributed by atoms with Gasteiger partial charge in [0.25, 0.3) is 0 Å². The van der Waals surface area contributed by atoms with E-state index in [0.29, 0.717) is 13.2 Å². The van der Waals surface area contributed by atoms with Crippen molar-refractivity contribution in [2.75, 3.05) is 26.4 Å². The molecule has 0 radical (unpaired) electrons. The average molecular weight is 234 g/mol. The quantitative estimate of drug-likeness (QED) is 0.530. The summed E-state index contributed by atoms with van der Waals surface area (Å²) in [6.45, 7) is 5.46. The van der Waals surface area contributed by atoms with Crippen molar-refractivity contribution in [1.29, 1.82) is 0 Å². The fourth-order valence-electron chi connectivity index (χ4n) is 1.22. The van der Waals surface area contributed by atoms with Crippen molar-refractivity contribution < 1.29 is 19.7 Å². The highest BCUT2D eigenvalue weighted by atomic mass is 16.5. The summed E-state index contributed by atoms with van der Waals surface area (Å²) in [6, 6.07) is 0. The van der Waals surface area contributed by atoms with Crippen molar-refractivity contribution in [1.82, 2.24) is 0 Å². The lowest BCUT2D eigenvalue weighted by Gasteiger charge is -2.21. The Labute approximate surface area is 98.6 Å². The third kappa shape index (κ3) is 8.05. The van der Waals surface area contributed by atoms with Crippen LogP contribution < -0.4 is 0 Å². The fraction of sp³-hybridized carbons (Fsp3) is 1.00. The van der Waals surface area contributed by atoms with Gasteiger partial charge in [-0.1, -0.05) is 26.7 Å². The summed E-state index contributed by atoms with van der Waals surface area (Å²) in [6.07, 6.45) is 2.80. The van der Waals surface area contributed by atoms with Gasteiger partial charge in [-0.3, -0.25) is 0 Å². The average Bonchev–Trinajstić information content (AvgIpc) is 2.30. The van der Waals surface area contributed by atoms with Crippen LogP contribution in [0.2, 0.25) is 0 Å². The first-order chi connectivity index (χ1) is 7.76. The van der Waals surface area contributed by atoms with Crippen molar-refractivity contribution in [3.8, 4) is 0 Å². The van der Waals surface area contributed by atoms with Crippen LogP contribution in [0.1, 0.15) is 39.5 Å². The van der Waals surface area contributed by atoms with Crippen LogP contribution in [0, 0.1) is 0 Å². The lowest BCUT2D eigenvalue weighted by molar-refractivity contribution is -0.0911.